The number of rotatable bonds is 7. The first-order chi connectivity index (χ1) is 13.0. The maximum absolute atomic E-state index is 12.9. The van der Waals surface area contributed by atoms with Crippen LogP contribution in [0, 0.1) is 12.8 Å². The fraction of sp³-hybridized carbons (Fsp3) is 0.762. The lowest BCUT2D eigenvalue weighted by Gasteiger charge is -2.37. The summed E-state index contributed by atoms with van der Waals surface area (Å²) in [6.45, 7) is 4.81. The minimum atomic E-state index is 0.0532. The summed E-state index contributed by atoms with van der Waals surface area (Å²) < 4.78 is 14.0. The van der Waals surface area contributed by atoms with Crippen molar-refractivity contribution in [2.24, 2.45) is 5.92 Å². The Morgan fingerprint density at radius 3 is 2.63 bits per heavy atom. The van der Waals surface area contributed by atoms with Crippen LogP contribution in [-0.2, 0) is 11.2 Å². The van der Waals surface area contributed by atoms with Gasteiger partial charge in [0, 0.05) is 29.4 Å². The van der Waals surface area contributed by atoms with E-state index in [1.807, 2.05) is 31.7 Å². The van der Waals surface area contributed by atoms with E-state index in [9.17, 15) is 4.79 Å². The summed E-state index contributed by atoms with van der Waals surface area (Å²) in [7, 11) is 4.06. The second kappa shape index (κ2) is 9.59. The number of fused-ring (bicyclic) bond motifs is 1. The summed E-state index contributed by atoms with van der Waals surface area (Å²) in [5, 5.41) is 0. The van der Waals surface area contributed by atoms with Crippen LogP contribution < -0.4 is 10.3 Å². The van der Waals surface area contributed by atoms with E-state index < -0.39 is 0 Å². The SMILES string of the molecule is CCC1CCC(OCC2C(NSN(C)C)CCc3ccc(C)c(=O)n32)CC1. The predicted molar refractivity (Wildman–Crippen MR) is 113 cm³/mol. The second-order valence-electron chi connectivity index (χ2n) is 8.30. The predicted octanol–water partition coefficient (Wildman–Crippen LogP) is 3.71. The standard InChI is InChI=1S/C21H35N3O2S/c1-5-16-7-11-18(12-8-16)26-14-20-19(22-27-23(3)4)13-10-17-9-6-15(2)21(25)24(17)20/h6,9,16,18-20,22H,5,7-8,10-14H2,1-4H3. The van der Waals surface area contributed by atoms with Crippen molar-refractivity contribution < 1.29 is 4.74 Å². The molecule has 5 nitrogen and oxygen atoms in total. The number of ether oxygens (including phenoxy) is 1. The molecule has 152 valence electrons. The van der Waals surface area contributed by atoms with Crippen LogP contribution >= 0.6 is 12.1 Å². The maximum atomic E-state index is 12.9. The lowest BCUT2D eigenvalue weighted by Crippen LogP contribution is -2.47. The van der Waals surface area contributed by atoms with Crippen molar-refractivity contribution in [3.63, 3.8) is 0 Å². The molecule has 27 heavy (non-hydrogen) atoms. The summed E-state index contributed by atoms with van der Waals surface area (Å²) in [6, 6.07) is 4.36. The fourth-order valence-corrected chi connectivity index (χ4v) is 5.00. The molecule has 2 unspecified atom stereocenters. The monoisotopic (exact) mass is 393 g/mol. The van der Waals surface area contributed by atoms with Crippen molar-refractivity contribution in [1.29, 1.82) is 0 Å². The average molecular weight is 394 g/mol. The summed E-state index contributed by atoms with van der Waals surface area (Å²) in [5.74, 6) is 0.872. The summed E-state index contributed by atoms with van der Waals surface area (Å²) >= 11 is 1.60. The molecule has 0 amide bonds. The molecule has 1 aliphatic carbocycles. The van der Waals surface area contributed by atoms with Crippen molar-refractivity contribution in [2.45, 2.75) is 77.0 Å². The molecular weight excluding hydrogens is 358 g/mol. The molecule has 1 saturated carbocycles. The van der Waals surface area contributed by atoms with E-state index in [1.165, 1.54) is 19.3 Å². The number of hydrogen-bond acceptors (Lipinski definition) is 5. The molecule has 0 radical (unpaired) electrons. The van der Waals surface area contributed by atoms with Gasteiger partial charge in [0.25, 0.3) is 5.56 Å². The van der Waals surface area contributed by atoms with E-state index in [-0.39, 0.29) is 17.6 Å². The van der Waals surface area contributed by atoms with Crippen LogP contribution in [0.2, 0.25) is 0 Å². The zero-order valence-electron chi connectivity index (χ0n) is 17.2. The van der Waals surface area contributed by atoms with Gasteiger partial charge in [-0.15, -0.1) is 0 Å². The zero-order valence-corrected chi connectivity index (χ0v) is 18.1. The van der Waals surface area contributed by atoms with Crippen LogP contribution in [0.5, 0.6) is 0 Å². The zero-order chi connectivity index (χ0) is 19.4. The number of hydrogen-bond donors (Lipinski definition) is 1. The van der Waals surface area contributed by atoms with Crippen molar-refractivity contribution in [3.8, 4) is 0 Å². The minimum Gasteiger partial charge on any atom is -0.376 e. The van der Waals surface area contributed by atoms with Crippen molar-refractivity contribution in [2.75, 3.05) is 20.7 Å². The molecule has 1 fully saturated rings. The average Bonchev–Trinajstić information content (AvgIpc) is 2.68. The topological polar surface area (TPSA) is 46.5 Å². The van der Waals surface area contributed by atoms with Gasteiger partial charge in [0.1, 0.15) is 0 Å². The number of pyridine rings is 1. The highest BCUT2D eigenvalue weighted by atomic mass is 32.2. The highest BCUT2D eigenvalue weighted by Gasteiger charge is 2.32. The van der Waals surface area contributed by atoms with Crippen LogP contribution in [0.4, 0.5) is 0 Å². The van der Waals surface area contributed by atoms with E-state index >= 15 is 0 Å². The van der Waals surface area contributed by atoms with Gasteiger partial charge in [-0.25, -0.2) is 9.03 Å². The van der Waals surface area contributed by atoms with E-state index in [4.69, 9.17) is 4.74 Å². The lowest BCUT2D eigenvalue weighted by molar-refractivity contribution is -0.00683. The van der Waals surface area contributed by atoms with Gasteiger partial charge >= 0.3 is 0 Å². The van der Waals surface area contributed by atoms with Crippen LogP contribution in [-0.4, -0.2) is 41.7 Å². The summed E-state index contributed by atoms with van der Waals surface area (Å²) in [5.41, 5.74) is 2.09. The third-order valence-corrected chi connectivity index (χ3v) is 6.93. The van der Waals surface area contributed by atoms with Gasteiger partial charge in [-0.05, 0) is 71.5 Å². The quantitative estimate of drug-likeness (QED) is 0.716. The smallest absolute Gasteiger partial charge is 0.254 e. The summed E-state index contributed by atoms with van der Waals surface area (Å²) in [4.78, 5) is 12.9. The van der Waals surface area contributed by atoms with Gasteiger partial charge in [0.05, 0.1) is 18.8 Å². The lowest BCUT2D eigenvalue weighted by atomic mass is 9.86. The van der Waals surface area contributed by atoms with Gasteiger partial charge in [-0.3, -0.25) is 4.79 Å². The van der Waals surface area contributed by atoms with E-state index in [2.05, 4.69) is 22.0 Å². The van der Waals surface area contributed by atoms with Crippen LogP contribution in [0.25, 0.3) is 0 Å². The van der Waals surface area contributed by atoms with E-state index in [0.29, 0.717) is 12.7 Å². The molecule has 0 saturated heterocycles. The second-order valence-corrected chi connectivity index (χ2v) is 9.45. The first-order valence-electron chi connectivity index (χ1n) is 10.4. The highest BCUT2D eigenvalue weighted by molar-refractivity contribution is 7.95. The molecule has 0 bridgehead atoms. The molecule has 2 aliphatic rings. The Balaban J connectivity index is 1.73. The van der Waals surface area contributed by atoms with Crippen molar-refractivity contribution in [3.05, 3.63) is 33.7 Å². The van der Waals surface area contributed by atoms with Gasteiger partial charge in [-0.1, -0.05) is 19.4 Å². The molecule has 6 heteroatoms. The molecule has 1 aliphatic heterocycles. The minimum absolute atomic E-state index is 0.0532. The maximum Gasteiger partial charge on any atom is 0.254 e. The third-order valence-electron chi connectivity index (χ3n) is 6.16. The van der Waals surface area contributed by atoms with Crippen LogP contribution in [0.15, 0.2) is 16.9 Å². The Bertz CT molecular complexity index is 668. The molecule has 0 spiro atoms. The Morgan fingerprint density at radius 1 is 1.22 bits per heavy atom. The van der Waals surface area contributed by atoms with Gasteiger partial charge in [0.15, 0.2) is 0 Å². The molecular formula is C21H35N3O2S. The van der Waals surface area contributed by atoms with E-state index in [1.54, 1.807) is 12.1 Å². The van der Waals surface area contributed by atoms with Gasteiger partial charge < -0.3 is 9.30 Å². The molecule has 2 heterocycles. The number of aromatic nitrogens is 1. The Labute approximate surface area is 168 Å². The van der Waals surface area contributed by atoms with Crippen LogP contribution in [0.3, 0.4) is 0 Å². The normalized spacial score (nSPS) is 28.3. The Morgan fingerprint density at radius 2 is 1.96 bits per heavy atom. The number of nitrogens with one attached hydrogen (secondary N) is 1. The van der Waals surface area contributed by atoms with E-state index in [0.717, 1.165) is 42.9 Å². The summed E-state index contributed by atoms with van der Waals surface area (Å²) in [6.07, 6.45) is 8.46. The fourth-order valence-electron chi connectivity index (χ4n) is 4.38. The first-order valence-corrected chi connectivity index (χ1v) is 11.2. The largest absolute Gasteiger partial charge is 0.376 e. The molecule has 1 N–H and O–H groups in total. The molecule has 2 atom stereocenters. The van der Waals surface area contributed by atoms with Crippen molar-refractivity contribution >= 4 is 12.1 Å². The van der Waals surface area contributed by atoms with Gasteiger partial charge in [-0.2, -0.15) is 0 Å². The number of nitrogens with zero attached hydrogens (tertiary/aromatic N) is 2. The molecule has 3 rings (SSSR count). The Kier molecular flexibility index (Phi) is 7.42. The highest BCUT2D eigenvalue weighted by Crippen LogP contribution is 2.31. The third kappa shape index (κ3) is 5.17. The van der Waals surface area contributed by atoms with Crippen LogP contribution in [0.1, 0.15) is 62.7 Å². The van der Waals surface area contributed by atoms with Crippen molar-refractivity contribution in [1.82, 2.24) is 13.6 Å². The molecule has 1 aromatic rings. The Hall–Kier alpha value is -0.820. The number of aryl methyl sites for hydroxylation is 2. The van der Waals surface area contributed by atoms with Gasteiger partial charge in [0.2, 0.25) is 0 Å². The molecule has 1 aromatic heterocycles. The molecule has 0 aromatic carbocycles. The first kappa shape index (κ1) is 20.9.